The van der Waals surface area contributed by atoms with Crippen LogP contribution in [0.1, 0.15) is 58.8 Å². The number of ether oxygens (including phenoxy) is 1. The molecule has 0 aromatic carbocycles. The first-order valence-electron chi connectivity index (χ1n) is 11.2. The second-order valence-electron chi connectivity index (χ2n) is 10.8. The van der Waals surface area contributed by atoms with Gasteiger partial charge in [0.15, 0.2) is 0 Å². The lowest BCUT2D eigenvalue weighted by atomic mass is 9.42. The summed E-state index contributed by atoms with van der Waals surface area (Å²) in [6.45, 7) is 6.89. The second kappa shape index (κ2) is 4.99. The summed E-state index contributed by atoms with van der Waals surface area (Å²) in [5.41, 5.74) is 2.26. The molecule has 1 spiro atoms. The Morgan fingerprint density at radius 2 is 2.00 bits per heavy atom. The van der Waals surface area contributed by atoms with Crippen molar-refractivity contribution >= 4 is 5.97 Å². The molecule has 148 valence electrons. The zero-order valence-electron chi connectivity index (χ0n) is 17.0. The maximum Gasteiger partial charge on any atom is 0.309 e. The molecule has 6 rings (SSSR count). The van der Waals surface area contributed by atoms with Gasteiger partial charge in [-0.15, -0.1) is 0 Å². The Hall–Kier alpha value is -0.870. The first-order valence-corrected chi connectivity index (χ1v) is 11.2. The third kappa shape index (κ3) is 1.58. The van der Waals surface area contributed by atoms with Crippen molar-refractivity contribution in [2.75, 3.05) is 20.2 Å². The summed E-state index contributed by atoms with van der Waals surface area (Å²) in [5, 5.41) is 12.6. The van der Waals surface area contributed by atoms with E-state index in [0.717, 1.165) is 38.8 Å². The van der Waals surface area contributed by atoms with Gasteiger partial charge < -0.3 is 9.84 Å². The molecule has 27 heavy (non-hydrogen) atoms. The average Bonchev–Trinajstić information content (AvgIpc) is 3.26. The Morgan fingerprint density at radius 1 is 1.22 bits per heavy atom. The normalized spacial score (nSPS) is 55.5. The highest BCUT2D eigenvalue weighted by molar-refractivity contribution is 5.75. The Bertz CT molecular complexity index is 761. The van der Waals surface area contributed by atoms with Crippen molar-refractivity contribution in [3.8, 4) is 0 Å². The number of methoxy groups -OCH3 is 1. The van der Waals surface area contributed by atoms with E-state index in [4.69, 9.17) is 4.74 Å². The quantitative estimate of drug-likeness (QED) is 0.567. The van der Waals surface area contributed by atoms with Gasteiger partial charge in [0, 0.05) is 24.4 Å². The molecule has 6 aliphatic rings. The minimum atomic E-state index is -0.758. The van der Waals surface area contributed by atoms with Crippen molar-refractivity contribution in [1.29, 1.82) is 0 Å². The second-order valence-corrected chi connectivity index (χ2v) is 10.8. The number of allylic oxidation sites excluding steroid dienone is 1. The van der Waals surface area contributed by atoms with Crippen LogP contribution in [0.5, 0.6) is 0 Å². The summed E-state index contributed by atoms with van der Waals surface area (Å²) in [6.07, 6.45) is 7.83. The van der Waals surface area contributed by atoms with E-state index in [2.05, 4.69) is 18.7 Å². The molecule has 1 N–H and O–H groups in total. The number of aliphatic hydroxyl groups is 1. The van der Waals surface area contributed by atoms with Gasteiger partial charge in [-0.05, 0) is 68.1 Å². The van der Waals surface area contributed by atoms with Gasteiger partial charge in [-0.2, -0.15) is 0 Å². The van der Waals surface area contributed by atoms with Crippen LogP contribution in [0, 0.1) is 40.4 Å². The Kier molecular flexibility index (Phi) is 3.15. The number of piperidine rings is 1. The topological polar surface area (TPSA) is 49.8 Å². The number of nitrogens with zero attached hydrogens (tertiary/aromatic N) is 1. The van der Waals surface area contributed by atoms with Crippen molar-refractivity contribution < 1.29 is 14.6 Å². The number of carbonyl (C=O) groups excluding carboxylic acids is 1. The molecule has 0 unspecified atom stereocenters. The highest BCUT2D eigenvalue weighted by Crippen LogP contribution is 2.79. The fourth-order valence-electron chi connectivity index (χ4n) is 9.42. The Morgan fingerprint density at radius 3 is 2.78 bits per heavy atom. The number of esters is 1. The average molecular weight is 372 g/mol. The van der Waals surface area contributed by atoms with Crippen LogP contribution in [0.15, 0.2) is 11.1 Å². The zero-order valence-corrected chi connectivity index (χ0v) is 17.0. The molecule has 2 saturated heterocycles. The van der Waals surface area contributed by atoms with Crippen LogP contribution in [0.3, 0.4) is 0 Å². The molecular formula is C23H33NO3. The minimum absolute atomic E-state index is 0.0426. The van der Waals surface area contributed by atoms with Crippen LogP contribution in [0.4, 0.5) is 0 Å². The molecule has 0 radical (unpaired) electrons. The number of carbonyl (C=O) groups is 1. The van der Waals surface area contributed by atoms with E-state index < -0.39 is 5.72 Å². The molecule has 4 bridgehead atoms. The van der Waals surface area contributed by atoms with Gasteiger partial charge in [0.1, 0.15) is 5.72 Å². The van der Waals surface area contributed by atoms with Gasteiger partial charge in [0.25, 0.3) is 0 Å². The summed E-state index contributed by atoms with van der Waals surface area (Å²) < 4.78 is 5.28. The largest absolute Gasteiger partial charge is 0.469 e. The highest BCUT2D eigenvalue weighted by Gasteiger charge is 2.80. The molecule has 4 fully saturated rings. The Labute approximate surface area is 162 Å². The van der Waals surface area contributed by atoms with E-state index in [9.17, 15) is 9.90 Å². The summed E-state index contributed by atoms with van der Waals surface area (Å²) in [7, 11) is 1.54. The van der Waals surface area contributed by atoms with Crippen LogP contribution >= 0.6 is 0 Å². The molecule has 2 saturated carbocycles. The van der Waals surface area contributed by atoms with Crippen LogP contribution < -0.4 is 0 Å². The predicted molar refractivity (Wildman–Crippen MR) is 102 cm³/mol. The van der Waals surface area contributed by atoms with Crippen molar-refractivity contribution in [3.63, 3.8) is 0 Å². The summed E-state index contributed by atoms with van der Waals surface area (Å²) in [6, 6.07) is 0. The van der Waals surface area contributed by atoms with E-state index in [1.54, 1.807) is 5.57 Å². The van der Waals surface area contributed by atoms with Gasteiger partial charge in [0.2, 0.25) is 0 Å². The lowest BCUT2D eigenvalue weighted by Gasteiger charge is -2.69. The maximum absolute atomic E-state index is 12.8. The Balaban J connectivity index is 1.65. The van der Waals surface area contributed by atoms with Gasteiger partial charge in [0.05, 0.1) is 13.0 Å². The van der Waals surface area contributed by atoms with E-state index in [1.165, 1.54) is 31.9 Å². The van der Waals surface area contributed by atoms with Crippen molar-refractivity contribution in [3.05, 3.63) is 11.1 Å². The zero-order chi connectivity index (χ0) is 18.8. The van der Waals surface area contributed by atoms with Crippen molar-refractivity contribution in [1.82, 2.24) is 4.90 Å². The summed E-state index contributed by atoms with van der Waals surface area (Å²) in [4.78, 5) is 15.3. The van der Waals surface area contributed by atoms with Gasteiger partial charge >= 0.3 is 5.97 Å². The van der Waals surface area contributed by atoms with E-state index in [-0.39, 0.29) is 22.7 Å². The van der Waals surface area contributed by atoms with Crippen molar-refractivity contribution in [2.45, 2.75) is 64.5 Å². The minimum Gasteiger partial charge on any atom is -0.469 e. The molecule has 0 amide bonds. The molecular weight excluding hydrogens is 338 g/mol. The van der Waals surface area contributed by atoms with Gasteiger partial charge in [-0.25, -0.2) is 0 Å². The van der Waals surface area contributed by atoms with Crippen molar-refractivity contribution in [2.24, 2.45) is 40.4 Å². The molecule has 0 aromatic heterocycles. The van der Waals surface area contributed by atoms with E-state index >= 15 is 0 Å². The summed E-state index contributed by atoms with van der Waals surface area (Å²) >= 11 is 0. The standard InChI is InChI=1S/C23H33NO3/c1-13-11-24-12-15-6-4-14-5-7-16-17(20(25)27-3)10-22(19(14)16)21(15,2)9-8-18(13)23(22,24)26/h13,15-18,26H,4-12H2,1-3H3/t13-,15-,16-,17-,18-,21+,22-,23-/m1/s1. The summed E-state index contributed by atoms with van der Waals surface area (Å²) in [5.74, 6) is 1.72. The SMILES string of the molecule is COC(=O)[C@@H]1C[C@@]23C4=C(CC[C@@H]5CN6C[C@@H](C)[C@@H](CC[C@@]52C)[C@]63O)CC[C@@H]41. The van der Waals surface area contributed by atoms with Crippen LogP contribution in [0.25, 0.3) is 0 Å². The van der Waals surface area contributed by atoms with Gasteiger partial charge in [-0.1, -0.05) is 25.0 Å². The lowest BCUT2D eigenvalue weighted by molar-refractivity contribution is -0.294. The smallest absolute Gasteiger partial charge is 0.309 e. The molecule has 4 heteroatoms. The fraction of sp³-hybridized carbons (Fsp3) is 0.870. The molecule has 2 aliphatic heterocycles. The van der Waals surface area contributed by atoms with E-state index in [1.807, 2.05) is 0 Å². The van der Waals surface area contributed by atoms with E-state index in [0.29, 0.717) is 23.7 Å². The molecule has 4 aliphatic carbocycles. The molecule has 8 atom stereocenters. The van der Waals surface area contributed by atoms with Crippen LogP contribution in [-0.4, -0.2) is 41.9 Å². The first kappa shape index (κ1) is 17.0. The van der Waals surface area contributed by atoms with Gasteiger partial charge in [-0.3, -0.25) is 9.69 Å². The highest BCUT2D eigenvalue weighted by atomic mass is 16.5. The molecule has 2 heterocycles. The number of hydrogen-bond acceptors (Lipinski definition) is 4. The fourth-order valence-corrected chi connectivity index (χ4v) is 9.42. The van der Waals surface area contributed by atoms with Crippen LogP contribution in [-0.2, 0) is 9.53 Å². The third-order valence-corrected chi connectivity index (χ3v) is 10.4. The number of rotatable bonds is 1. The monoisotopic (exact) mass is 371 g/mol. The van der Waals surface area contributed by atoms with Crippen LogP contribution in [0.2, 0.25) is 0 Å². The number of hydrogen-bond donors (Lipinski definition) is 1. The first-order chi connectivity index (χ1) is 12.9. The maximum atomic E-state index is 12.8. The molecule has 0 aromatic rings. The predicted octanol–water partition coefficient (Wildman–Crippen LogP) is 3.35. The molecule has 4 nitrogen and oxygen atoms in total. The third-order valence-electron chi connectivity index (χ3n) is 10.4. The lowest BCUT2D eigenvalue weighted by Crippen LogP contribution is -2.74.